The van der Waals surface area contributed by atoms with E-state index < -0.39 is 11.9 Å². The summed E-state index contributed by atoms with van der Waals surface area (Å²) in [4.78, 5) is 23.1. The number of ether oxygens (including phenoxy) is 2. The van der Waals surface area contributed by atoms with E-state index in [0.29, 0.717) is 10.2 Å². The summed E-state index contributed by atoms with van der Waals surface area (Å²) in [5.74, 6) is -0.693. The maximum Gasteiger partial charge on any atom is 0.340 e. The minimum absolute atomic E-state index is 0.147. The SMILES string of the molecule is COC(=O)c1cc(OC)c(Br)cc1NC(=O)CC#N. The molecule has 1 amide bonds. The fourth-order valence-electron chi connectivity index (χ4n) is 1.36. The van der Waals surface area contributed by atoms with Crippen LogP contribution in [0, 0.1) is 11.3 Å². The largest absolute Gasteiger partial charge is 0.496 e. The number of nitrogens with one attached hydrogen (secondary N) is 1. The van der Waals surface area contributed by atoms with Gasteiger partial charge in [0.1, 0.15) is 12.2 Å². The first-order chi connectivity index (χ1) is 9.03. The Bertz CT molecular complexity index is 551. The lowest BCUT2D eigenvalue weighted by molar-refractivity contribution is -0.115. The Balaban J connectivity index is 3.21. The summed E-state index contributed by atoms with van der Waals surface area (Å²) in [6, 6.07) is 4.68. The Morgan fingerprint density at radius 2 is 2.11 bits per heavy atom. The summed E-state index contributed by atoms with van der Waals surface area (Å²) in [6.45, 7) is 0. The highest BCUT2D eigenvalue weighted by Gasteiger charge is 2.17. The predicted octanol–water partition coefficient (Wildman–Crippen LogP) is 2.10. The average Bonchev–Trinajstić information content (AvgIpc) is 2.38. The summed E-state index contributed by atoms with van der Waals surface area (Å²) >= 11 is 3.25. The lowest BCUT2D eigenvalue weighted by Gasteiger charge is -2.12. The molecule has 1 rings (SSSR count). The molecule has 1 aromatic rings. The van der Waals surface area contributed by atoms with Gasteiger partial charge in [-0.15, -0.1) is 0 Å². The van der Waals surface area contributed by atoms with E-state index in [-0.39, 0.29) is 17.7 Å². The van der Waals surface area contributed by atoms with Crippen LogP contribution >= 0.6 is 15.9 Å². The van der Waals surface area contributed by atoms with Crippen LogP contribution in [-0.2, 0) is 9.53 Å². The Labute approximate surface area is 118 Å². The molecule has 1 aromatic carbocycles. The number of carbonyl (C=O) groups is 2. The molecule has 0 heterocycles. The second kappa shape index (κ2) is 6.75. The Morgan fingerprint density at radius 3 is 2.63 bits per heavy atom. The van der Waals surface area contributed by atoms with E-state index in [9.17, 15) is 9.59 Å². The van der Waals surface area contributed by atoms with Crippen LogP contribution in [0.2, 0.25) is 0 Å². The predicted molar refractivity (Wildman–Crippen MR) is 70.9 cm³/mol. The summed E-state index contributed by atoms with van der Waals surface area (Å²) in [7, 11) is 2.69. The molecule has 0 aliphatic heterocycles. The summed E-state index contributed by atoms with van der Waals surface area (Å²) < 4.78 is 10.3. The second-order valence-electron chi connectivity index (χ2n) is 3.41. The summed E-state index contributed by atoms with van der Waals surface area (Å²) in [5.41, 5.74) is 0.397. The van der Waals surface area contributed by atoms with Crippen molar-refractivity contribution in [2.24, 2.45) is 0 Å². The van der Waals surface area contributed by atoms with E-state index in [1.807, 2.05) is 0 Å². The lowest BCUT2D eigenvalue weighted by Crippen LogP contribution is -2.14. The first kappa shape index (κ1) is 15.0. The van der Waals surface area contributed by atoms with Crippen LogP contribution in [0.15, 0.2) is 16.6 Å². The zero-order valence-electron chi connectivity index (χ0n) is 10.3. The Morgan fingerprint density at radius 1 is 1.42 bits per heavy atom. The Hall–Kier alpha value is -2.07. The van der Waals surface area contributed by atoms with Gasteiger partial charge in [-0.3, -0.25) is 4.79 Å². The highest BCUT2D eigenvalue weighted by Crippen LogP contribution is 2.31. The number of nitrogens with zero attached hydrogens (tertiary/aromatic N) is 1. The number of halogens is 1. The number of amides is 1. The standard InChI is InChI=1S/C12H11BrN2O4/c1-18-10-5-7(12(17)19-2)9(6-8(10)13)15-11(16)3-4-14/h5-6H,3H2,1-2H3,(H,15,16). The molecule has 0 bridgehead atoms. The molecule has 0 radical (unpaired) electrons. The van der Waals surface area contributed by atoms with Gasteiger partial charge in [0.15, 0.2) is 0 Å². The van der Waals surface area contributed by atoms with Gasteiger partial charge >= 0.3 is 5.97 Å². The van der Waals surface area contributed by atoms with Crippen molar-refractivity contribution < 1.29 is 19.1 Å². The Kier molecular flexibility index (Phi) is 5.33. The van der Waals surface area contributed by atoms with Crippen molar-refractivity contribution in [3.8, 4) is 11.8 Å². The fraction of sp³-hybridized carbons (Fsp3) is 0.250. The smallest absolute Gasteiger partial charge is 0.340 e. The van der Waals surface area contributed by atoms with Gasteiger partial charge in [-0.25, -0.2) is 4.79 Å². The molecule has 7 heteroatoms. The molecule has 0 fully saturated rings. The molecule has 100 valence electrons. The maximum absolute atomic E-state index is 11.6. The van der Waals surface area contributed by atoms with Gasteiger partial charge in [-0.05, 0) is 28.1 Å². The maximum atomic E-state index is 11.6. The van der Waals surface area contributed by atoms with Crippen LogP contribution in [0.3, 0.4) is 0 Å². The molecule has 0 atom stereocenters. The van der Waals surface area contributed by atoms with Crippen molar-refractivity contribution in [1.29, 1.82) is 5.26 Å². The molecule has 1 N–H and O–H groups in total. The van der Waals surface area contributed by atoms with Crippen molar-refractivity contribution >= 4 is 33.5 Å². The van der Waals surface area contributed by atoms with E-state index in [2.05, 4.69) is 26.0 Å². The number of carbonyl (C=O) groups excluding carboxylic acids is 2. The number of nitriles is 1. The van der Waals surface area contributed by atoms with E-state index in [1.54, 1.807) is 6.07 Å². The minimum Gasteiger partial charge on any atom is -0.496 e. The van der Waals surface area contributed by atoms with Gasteiger partial charge in [0, 0.05) is 0 Å². The van der Waals surface area contributed by atoms with Gasteiger partial charge in [0.2, 0.25) is 5.91 Å². The third kappa shape index (κ3) is 3.69. The molecule has 0 unspecified atom stereocenters. The van der Waals surface area contributed by atoms with Gasteiger partial charge in [0.05, 0.1) is 36.0 Å². The van der Waals surface area contributed by atoms with Gasteiger partial charge < -0.3 is 14.8 Å². The van der Waals surface area contributed by atoms with E-state index in [4.69, 9.17) is 10.00 Å². The highest BCUT2D eigenvalue weighted by molar-refractivity contribution is 9.10. The number of rotatable bonds is 4. The van der Waals surface area contributed by atoms with Crippen molar-refractivity contribution in [2.75, 3.05) is 19.5 Å². The van der Waals surface area contributed by atoms with Crippen molar-refractivity contribution in [1.82, 2.24) is 0 Å². The van der Waals surface area contributed by atoms with Crippen LogP contribution in [0.1, 0.15) is 16.8 Å². The number of anilines is 1. The van der Waals surface area contributed by atoms with Crippen LogP contribution in [0.25, 0.3) is 0 Å². The zero-order valence-corrected chi connectivity index (χ0v) is 11.9. The number of esters is 1. The third-order valence-electron chi connectivity index (χ3n) is 2.21. The normalized spacial score (nSPS) is 9.37. The monoisotopic (exact) mass is 326 g/mol. The lowest BCUT2D eigenvalue weighted by atomic mass is 10.1. The topological polar surface area (TPSA) is 88.4 Å². The number of hydrogen-bond acceptors (Lipinski definition) is 5. The molecule has 0 aromatic heterocycles. The van der Waals surface area contributed by atoms with Crippen molar-refractivity contribution in [3.05, 3.63) is 22.2 Å². The summed E-state index contributed by atoms with van der Waals surface area (Å²) in [6.07, 6.45) is -0.301. The van der Waals surface area contributed by atoms with Crippen molar-refractivity contribution in [3.63, 3.8) is 0 Å². The van der Waals surface area contributed by atoms with Gasteiger partial charge in [-0.2, -0.15) is 5.26 Å². The molecule has 0 saturated heterocycles. The van der Waals surface area contributed by atoms with Crippen molar-refractivity contribution in [2.45, 2.75) is 6.42 Å². The van der Waals surface area contributed by atoms with E-state index in [0.717, 1.165) is 0 Å². The average molecular weight is 327 g/mol. The van der Waals surface area contributed by atoms with Gasteiger partial charge in [-0.1, -0.05) is 0 Å². The molecule has 19 heavy (non-hydrogen) atoms. The van der Waals surface area contributed by atoms with Gasteiger partial charge in [0.25, 0.3) is 0 Å². The minimum atomic E-state index is -0.613. The van der Waals surface area contributed by atoms with Crippen LogP contribution in [-0.4, -0.2) is 26.1 Å². The zero-order chi connectivity index (χ0) is 14.4. The first-order valence-electron chi connectivity index (χ1n) is 5.16. The first-order valence-corrected chi connectivity index (χ1v) is 5.95. The fourth-order valence-corrected chi connectivity index (χ4v) is 1.86. The third-order valence-corrected chi connectivity index (χ3v) is 2.83. The quantitative estimate of drug-likeness (QED) is 0.856. The molecular formula is C12H11BrN2O4. The molecule has 6 nitrogen and oxygen atoms in total. The molecule has 0 aliphatic carbocycles. The highest BCUT2D eigenvalue weighted by atomic mass is 79.9. The molecule has 0 spiro atoms. The van der Waals surface area contributed by atoms with E-state index in [1.165, 1.54) is 26.4 Å². The number of hydrogen-bond donors (Lipinski definition) is 1. The molecule has 0 saturated carbocycles. The molecule has 0 aliphatic rings. The number of methoxy groups -OCH3 is 2. The van der Waals surface area contributed by atoms with E-state index >= 15 is 0 Å². The van der Waals surface area contributed by atoms with Crippen LogP contribution in [0.4, 0.5) is 5.69 Å². The van der Waals surface area contributed by atoms with Crippen LogP contribution < -0.4 is 10.1 Å². The molecular weight excluding hydrogens is 316 g/mol. The van der Waals surface area contributed by atoms with Crippen LogP contribution in [0.5, 0.6) is 5.75 Å². The second-order valence-corrected chi connectivity index (χ2v) is 4.26. The summed E-state index contributed by atoms with van der Waals surface area (Å²) in [5, 5.41) is 10.9. The number of benzene rings is 1.